The Balaban J connectivity index is 1.59. The minimum absolute atomic E-state index is 0.820. The number of aromatic nitrogens is 3. The highest BCUT2D eigenvalue weighted by Crippen LogP contribution is 2.31. The molecule has 132 valence electrons. The van der Waals surface area contributed by atoms with E-state index >= 15 is 0 Å². The summed E-state index contributed by atoms with van der Waals surface area (Å²) in [5.74, 6) is 0.820. The van der Waals surface area contributed by atoms with E-state index in [4.69, 9.17) is 0 Å². The first kappa shape index (κ1) is 16.7. The van der Waals surface area contributed by atoms with E-state index < -0.39 is 0 Å². The molecule has 0 radical (unpaired) electrons. The molecule has 0 atom stereocenters. The molecule has 1 fully saturated rings. The lowest BCUT2D eigenvalue weighted by Gasteiger charge is -2.16. The van der Waals surface area contributed by atoms with Gasteiger partial charge in [-0.25, -0.2) is 0 Å². The topological polar surface area (TPSA) is 53.9 Å². The molecule has 5 nitrogen and oxygen atoms in total. The molecule has 1 aromatic carbocycles. The number of hydrogen-bond donors (Lipinski definition) is 1. The van der Waals surface area contributed by atoms with Crippen molar-refractivity contribution in [3.8, 4) is 22.4 Å². The van der Waals surface area contributed by atoms with Crippen LogP contribution in [0.3, 0.4) is 0 Å². The summed E-state index contributed by atoms with van der Waals surface area (Å²) in [6.07, 6.45) is 6.21. The normalized spacial score (nSPS) is 14.5. The van der Waals surface area contributed by atoms with Crippen LogP contribution in [-0.2, 0) is 0 Å². The van der Waals surface area contributed by atoms with Crippen molar-refractivity contribution < 1.29 is 0 Å². The van der Waals surface area contributed by atoms with Gasteiger partial charge in [0.2, 0.25) is 0 Å². The van der Waals surface area contributed by atoms with Crippen LogP contribution in [0.25, 0.3) is 22.4 Å². The lowest BCUT2D eigenvalue weighted by Crippen LogP contribution is -2.26. The number of rotatable bonds is 6. The Morgan fingerprint density at radius 3 is 2.42 bits per heavy atom. The Bertz CT molecular complexity index is 830. The maximum atomic E-state index is 4.52. The van der Waals surface area contributed by atoms with Crippen LogP contribution in [0.2, 0.25) is 0 Å². The number of pyridine rings is 1. The molecule has 0 aliphatic carbocycles. The molecular formula is C21H23N5. The number of benzene rings is 1. The molecule has 5 heteroatoms. The average molecular weight is 345 g/mol. The maximum Gasteiger partial charge on any atom is 0.149 e. The van der Waals surface area contributed by atoms with Crippen molar-refractivity contribution in [3.63, 3.8) is 0 Å². The molecular weight excluding hydrogens is 322 g/mol. The van der Waals surface area contributed by atoms with Crippen LogP contribution < -0.4 is 5.32 Å². The third-order valence-electron chi connectivity index (χ3n) is 4.77. The Labute approximate surface area is 154 Å². The zero-order valence-corrected chi connectivity index (χ0v) is 14.8. The SMILES string of the molecule is c1ccc(-c2cc(NCCN3CCCC3)nnc2-c2ccncc2)cc1. The number of likely N-dealkylation sites (tertiary alicyclic amines) is 1. The number of nitrogens with one attached hydrogen (secondary N) is 1. The molecule has 1 aliphatic heterocycles. The van der Waals surface area contributed by atoms with Gasteiger partial charge < -0.3 is 10.2 Å². The van der Waals surface area contributed by atoms with Crippen LogP contribution in [0, 0.1) is 0 Å². The van der Waals surface area contributed by atoms with Gasteiger partial charge in [-0.1, -0.05) is 30.3 Å². The van der Waals surface area contributed by atoms with Gasteiger partial charge in [0.15, 0.2) is 0 Å². The van der Waals surface area contributed by atoms with Crippen molar-refractivity contribution in [2.24, 2.45) is 0 Å². The van der Waals surface area contributed by atoms with Gasteiger partial charge in [-0.3, -0.25) is 4.98 Å². The lowest BCUT2D eigenvalue weighted by atomic mass is 10.0. The largest absolute Gasteiger partial charge is 0.367 e. The van der Waals surface area contributed by atoms with Crippen LogP contribution >= 0.6 is 0 Å². The minimum atomic E-state index is 0.820. The van der Waals surface area contributed by atoms with Gasteiger partial charge in [-0.15, -0.1) is 10.2 Å². The van der Waals surface area contributed by atoms with Gasteiger partial charge in [-0.05, 0) is 49.7 Å². The fourth-order valence-electron chi connectivity index (χ4n) is 3.39. The van der Waals surface area contributed by atoms with Crippen molar-refractivity contribution in [1.29, 1.82) is 0 Å². The Hall–Kier alpha value is -2.79. The summed E-state index contributed by atoms with van der Waals surface area (Å²) in [4.78, 5) is 6.59. The van der Waals surface area contributed by atoms with E-state index in [0.29, 0.717) is 0 Å². The van der Waals surface area contributed by atoms with Gasteiger partial charge in [-0.2, -0.15) is 0 Å². The van der Waals surface area contributed by atoms with E-state index in [-0.39, 0.29) is 0 Å². The smallest absolute Gasteiger partial charge is 0.149 e. The van der Waals surface area contributed by atoms with Crippen molar-refractivity contribution in [2.45, 2.75) is 12.8 Å². The quantitative estimate of drug-likeness (QED) is 0.738. The van der Waals surface area contributed by atoms with Crippen molar-refractivity contribution >= 4 is 5.82 Å². The third kappa shape index (κ3) is 3.89. The van der Waals surface area contributed by atoms with Gasteiger partial charge in [0.25, 0.3) is 0 Å². The minimum Gasteiger partial charge on any atom is -0.367 e. The van der Waals surface area contributed by atoms with Gasteiger partial charge in [0.05, 0.1) is 0 Å². The molecule has 1 aliphatic rings. The second-order valence-corrected chi connectivity index (χ2v) is 6.57. The molecule has 3 aromatic rings. The van der Waals surface area contributed by atoms with Crippen LogP contribution in [-0.4, -0.2) is 46.3 Å². The Morgan fingerprint density at radius 2 is 1.65 bits per heavy atom. The zero-order chi connectivity index (χ0) is 17.6. The number of anilines is 1. The van der Waals surface area contributed by atoms with E-state index in [1.807, 2.05) is 30.3 Å². The van der Waals surface area contributed by atoms with Gasteiger partial charge in [0, 0.05) is 36.6 Å². The molecule has 1 N–H and O–H groups in total. The molecule has 4 rings (SSSR count). The van der Waals surface area contributed by atoms with E-state index in [1.165, 1.54) is 25.9 Å². The summed E-state index contributed by atoms with van der Waals surface area (Å²) in [7, 11) is 0. The maximum absolute atomic E-state index is 4.52. The van der Waals surface area contributed by atoms with Crippen LogP contribution in [0.4, 0.5) is 5.82 Å². The summed E-state index contributed by atoms with van der Waals surface area (Å²) in [5, 5.41) is 12.4. The van der Waals surface area contributed by atoms with E-state index in [0.717, 1.165) is 41.3 Å². The molecule has 1 saturated heterocycles. The van der Waals surface area contributed by atoms with Crippen LogP contribution in [0.5, 0.6) is 0 Å². The predicted octanol–water partition coefficient (Wildman–Crippen LogP) is 3.71. The van der Waals surface area contributed by atoms with Gasteiger partial charge >= 0.3 is 0 Å². The van der Waals surface area contributed by atoms with Crippen molar-refractivity contribution in [2.75, 3.05) is 31.5 Å². The first-order chi connectivity index (χ1) is 12.9. The second kappa shape index (κ2) is 8.06. The third-order valence-corrected chi connectivity index (χ3v) is 4.77. The van der Waals surface area contributed by atoms with Gasteiger partial charge in [0.1, 0.15) is 11.5 Å². The van der Waals surface area contributed by atoms with E-state index in [2.05, 4.69) is 43.6 Å². The summed E-state index contributed by atoms with van der Waals surface area (Å²) in [6, 6.07) is 16.4. The lowest BCUT2D eigenvalue weighted by molar-refractivity contribution is 0.352. The highest BCUT2D eigenvalue weighted by Gasteiger charge is 2.13. The first-order valence-electron chi connectivity index (χ1n) is 9.20. The van der Waals surface area contributed by atoms with E-state index in [9.17, 15) is 0 Å². The summed E-state index contributed by atoms with van der Waals surface area (Å²) >= 11 is 0. The number of hydrogen-bond acceptors (Lipinski definition) is 5. The Morgan fingerprint density at radius 1 is 0.885 bits per heavy atom. The molecule has 26 heavy (non-hydrogen) atoms. The first-order valence-corrected chi connectivity index (χ1v) is 9.20. The van der Waals surface area contributed by atoms with Crippen LogP contribution in [0.15, 0.2) is 60.9 Å². The van der Waals surface area contributed by atoms with Crippen molar-refractivity contribution in [1.82, 2.24) is 20.1 Å². The highest BCUT2D eigenvalue weighted by atomic mass is 15.2. The zero-order valence-electron chi connectivity index (χ0n) is 14.8. The molecule has 0 spiro atoms. The highest BCUT2D eigenvalue weighted by molar-refractivity contribution is 5.81. The fraction of sp³-hybridized carbons (Fsp3) is 0.286. The van der Waals surface area contributed by atoms with E-state index in [1.54, 1.807) is 12.4 Å². The second-order valence-electron chi connectivity index (χ2n) is 6.57. The summed E-state index contributed by atoms with van der Waals surface area (Å²) in [5.41, 5.74) is 4.12. The molecule has 0 saturated carbocycles. The molecule has 0 amide bonds. The summed E-state index contributed by atoms with van der Waals surface area (Å²) < 4.78 is 0. The number of nitrogens with zero attached hydrogens (tertiary/aromatic N) is 4. The molecule has 3 heterocycles. The molecule has 0 unspecified atom stereocenters. The van der Waals surface area contributed by atoms with Crippen molar-refractivity contribution in [3.05, 3.63) is 60.9 Å². The molecule has 2 aromatic heterocycles. The standard InChI is InChI=1S/C21H23N5/c1-2-6-17(7-3-1)19-16-20(23-12-15-26-13-4-5-14-26)24-25-21(19)18-8-10-22-11-9-18/h1-3,6-11,16H,4-5,12-15H2,(H,23,24). The monoisotopic (exact) mass is 345 g/mol. The molecule has 0 bridgehead atoms. The Kier molecular flexibility index (Phi) is 5.17. The average Bonchev–Trinajstić information content (AvgIpc) is 3.23. The fourth-order valence-corrected chi connectivity index (χ4v) is 3.39. The summed E-state index contributed by atoms with van der Waals surface area (Å²) in [6.45, 7) is 4.36. The van der Waals surface area contributed by atoms with Crippen LogP contribution in [0.1, 0.15) is 12.8 Å². The predicted molar refractivity (Wildman–Crippen MR) is 105 cm³/mol.